The second-order valence-electron chi connectivity index (χ2n) is 6.85. The number of hydrogen-bond acceptors (Lipinski definition) is 7. The molecule has 0 saturated carbocycles. The van der Waals surface area contributed by atoms with Gasteiger partial charge in [0.15, 0.2) is 0 Å². The minimum absolute atomic E-state index is 0.0941. The molecule has 0 heterocycles. The normalized spacial score (nSPS) is 11.1. The Morgan fingerprint density at radius 3 is 2.14 bits per heavy atom. The number of hydrogen-bond donors (Lipinski definition) is 1. The quantitative estimate of drug-likeness (QED) is 0.403. The lowest BCUT2D eigenvalue weighted by molar-refractivity contribution is -0.160. The fourth-order valence-corrected chi connectivity index (χ4v) is 1.97. The van der Waals surface area contributed by atoms with Crippen molar-refractivity contribution in [2.45, 2.75) is 33.0 Å². The van der Waals surface area contributed by atoms with Crippen molar-refractivity contribution in [2.24, 2.45) is 0 Å². The van der Waals surface area contributed by atoms with Gasteiger partial charge in [0.25, 0.3) is 0 Å². The number of amides is 1. The molecule has 1 aromatic rings. The zero-order chi connectivity index (χ0) is 20.7. The van der Waals surface area contributed by atoms with Crippen LogP contribution in [0.15, 0.2) is 30.3 Å². The molecule has 0 spiro atoms. The maximum Gasteiger partial charge on any atom is 0.407 e. The lowest BCUT2D eigenvalue weighted by atomic mass is 10.2. The third-order valence-corrected chi connectivity index (χ3v) is 3.11. The van der Waals surface area contributed by atoms with E-state index in [-0.39, 0.29) is 13.2 Å². The van der Waals surface area contributed by atoms with Crippen molar-refractivity contribution in [3.63, 3.8) is 0 Å². The first kappa shape index (κ1) is 23.9. The number of ether oxygens (including phenoxy) is 5. The molecule has 158 valence electrons. The molecular formula is C20H31NO7. The summed E-state index contributed by atoms with van der Waals surface area (Å²) in [6.07, 6.45) is -0.481. The third kappa shape index (κ3) is 14.0. The summed E-state index contributed by atoms with van der Waals surface area (Å²) in [6, 6.07) is 9.46. The molecule has 0 fully saturated rings. The van der Waals surface area contributed by atoms with E-state index in [4.69, 9.17) is 23.7 Å². The number of carbonyl (C=O) groups excluding carboxylic acids is 2. The molecule has 1 rings (SSSR count). The van der Waals surface area contributed by atoms with Gasteiger partial charge in [-0.3, -0.25) is 0 Å². The smallest absolute Gasteiger partial charge is 0.407 e. The summed E-state index contributed by atoms with van der Waals surface area (Å²) >= 11 is 0. The van der Waals surface area contributed by atoms with Gasteiger partial charge >= 0.3 is 12.1 Å². The number of nitrogens with one attached hydrogen (secondary N) is 1. The van der Waals surface area contributed by atoms with Crippen LogP contribution in [0.1, 0.15) is 26.3 Å². The molecular weight excluding hydrogens is 366 g/mol. The Hall–Kier alpha value is -2.16. The summed E-state index contributed by atoms with van der Waals surface area (Å²) in [5.41, 5.74) is 0.419. The maximum atomic E-state index is 11.5. The van der Waals surface area contributed by atoms with Gasteiger partial charge < -0.3 is 29.0 Å². The number of alkyl carbamates (subject to hydrolysis) is 1. The molecule has 0 radical (unpaired) electrons. The third-order valence-electron chi connectivity index (χ3n) is 3.11. The van der Waals surface area contributed by atoms with Crippen molar-refractivity contribution in [3.8, 4) is 0 Å². The number of benzene rings is 1. The van der Waals surface area contributed by atoms with Gasteiger partial charge in [0, 0.05) is 6.54 Å². The van der Waals surface area contributed by atoms with Gasteiger partial charge in [-0.15, -0.1) is 0 Å². The van der Waals surface area contributed by atoms with Crippen LogP contribution in [-0.4, -0.2) is 63.8 Å². The summed E-state index contributed by atoms with van der Waals surface area (Å²) in [5.74, 6) is -0.398. The molecule has 8 heteroatoms. The molecule has 28 heavy (non-hydrogen) atoms. The van der Waals surface area contributed by atoms with Crippen molar-refractivity contribution >= 4 is 12.1 Å². The van der Waals surface area contributed by atoms with Crippen LogP contribution >= 0.6 is 0 Å². The molecule has 0 atom stereocenters. The SMILES string of the molecule is CC(C)(C)OC(=O)COCCOCCOCCNC(=O)OCc1ccccc1. The summed E-state index contributed by atoms with van der Waals surface area (Å²) in [4.78, 5) is 22.9. The van der Waals surface area contributed by atoms with Crippen LogP contribution in [0.2, 0.25) is 0 Å². The Morgan fingerprint density at radius 1 is 0.893 bits per heavy atom. The summed E-state index contributed by atoms with van der Waals surface area (Å²) in [5, 5.41) is 2.61. The van der Waals surface area contributed by atoms with Gasteiger partial charge in [0.1, 0.15) is 18.8 Å². The second-order valence-corrected chi connectivity index (χ2v) is 6.85. The zero-order valence-electron chi connectivity index (χ0n) is 16.9. The highest BCUT2D eigenvalue weighted by molar-refractivity contribution is 5.71. The first-order valence-corrected chi connectivity index (χ1v) is 9.26. The molecule has 1 aromatic carbocycles. The van der Waals surface area contributed by atoms with Crippen molar-refractivity contribution < 1.29 is 33.3 Å². The van der Waals surface area contributed by atoms with Crippen LogP contribution in [-0.2, 0) is 35.1 Å². The van der Waals surface area contributed by atoms with Crippen LogP contribution < -0.4 is 5.32 Å². The van der Waals surface area contributed by atoms with Crippen LogP contribution in [0.5, 0.6) is 0 Å². The fraction of sp³-hybridized carbons (Fsp3) is 0.600. The lowest BCUT2D eigenvalue weighted by Crippen LogP contribution is -2.28. The molecule has 0 aromatic heterocycles. The van der Waals surface area contributed by atoms with E-state index in [0.29, 0.717) is 39.6 Å². The first-order chi connectivity index (χ1) is 13.4. The largest absolute Gasteiger partial charge is 0.458 e. The monoisotopic (exact) mass is 397 g/mol. The van der Waals surface area contributed by atoms with E-state index in [1.807, 2.05) is 30.3 Å². The molecule has 0 aliphatic rings. The van der Waals surface area contributed by atoms with E-state index in [2.05, 4.69) is 5.32 Å². The average molecular weight is 397 g/mol. The van der Waals surface area contributed by atoms with Crippen LogP contribution in [0.3, 0.4) is 0 Å². The summed E-state index contributed by atoms with van der Waals surface area (Å²) in [6.45, 7) is 7.71. The predicted octanol–water partition coefficient (Wildman–Crippen LogP) is 2.30. The van der Waals surface area contributed by atoms with Crippen LogP contribution in [0.25, 0.3) is 0 Å². The highest BCUT2D eigenvalue weighted by atomic mass is 16.6. The molecule has 0 aliphatic carbocycles. The van der Waals surface area contributed by atoms with E-state index in [9.17, 15) is 9.59 Å². The Morgan fingerprint density at radius 2 is 1.50 bits per heavy atom. The number of carbonyl (C=O) groups is 2. The number of esters is 1. The van der Waals surface area contributed by atoms with Crippen molar-refractivity contribution in [3.05, 3.63) is 35.9 Å². The Labute approximate surface area is 166 Å². The molecule has 1 amide bonds. The van der Waals surface area contributed by atoms with Gasteiger partial charge in [-0.1, -0.05) is 30.3 Å². The second kappa shape index (κ2) is 13.9. The van der Waals surface area contributed by atoms with Gasteiger partial charge in [-0.25, -0.2) is 9.59 Å². The Balaban J connectivity index is 1.85. The molecule has 8 nitrogen and oxygen atoms in total. The minimum Gasteiger partial charge on any atom is -0.458 e. The lowest BCUT2D eigenvalue weighted by Gasteiger charge is -2.19. The van der Waals surface area contributed by atoms with E-state index < -0.39 is 17.7 Å². The highest BCUT2D eigenvalue weighted by Crippen LogP contribution is 2.06. The summed E-state index contributed by atoms with van der Waals surface area (Å²) < 4.78 is 26.0. The Kier molecular flexibility index (Phi) is 11.9. The average Bonchev–Trinajstić information content (AvgIpc) is 2.64. The van der Waals surface area contributed by atoms with Crippen molar-refractivity contribution in [1.82, 2.24) is 5.32 Å². The van der Waals surface area contributed by atoms with E-state index in [1.165, 1.54) is 0 Å². The molecule has 1 N–H and O–H groups in total. The first-order valence-electron chi connectivity index (χ1n) is 9.26. The van der Waals surface area contributed by atoms with E-state index >= 15 is 0 Å². The number of rotatable bonds is 13. The van der Waals surface area contributed by atoms with Gasteiger partial charge in [0.05, 0.1) is 33.0 Å². The molecule has 0 bridgehead atoms. The van der Waals surface area contributed by atoms with Crippen LogP contribution in [0, 0.1) is 0 Å². The molecule has 0 saturated heterocycles. The predicted molar refractivity (Wildman–Crippen MR) is 103 cm³/mol. The molecule has 0 aliphatic heterocycles. The van der Waals surface area contributed by atoms with Gasteiger partial charge in [-0.2, -0.15) is 0 Å². The Bertz CT molecular complexity index is 557. The van der Waals surface area contributed by atoms with E-state index in [0.717, 1.165) is 5.56 Å². The van der Waals surface area contributed by atoms with Crippen molar-refractivity contribution in [1.29, 1.82) is 0 Å². The van der Waals surface area contributed by atoms with Crippen molar-refractivity contribution in [2.75, 3.05) is 46.2 Å². The zero-order valence-corrected chi connectivity index (χ0v) is 16.9. The van der Waals surface area contributed by atoms with E-state index in [1.54, 1.807) is 20.8 Å². The van der Waals surface area contributed by atoms with Crippen LogP contribution in [0.4, 0.5) is 4.79 Å². The minimum atomic E-state index is -0.512. The fourth-order valence-electron chi connectivity index (χ4n) is 1.97. The summed E-state index contributed by atoms with van der Waals surface area (Å²) in [7, 11) is 0. The standard InChI is InChI=1S/C20H31NO7/c1-20(2,3)28-18(22)16-26-14-13-25-12-11-24-10-9-21-19(23)27-15-17-7-5-4-6-8-17/h4-8H,9-16H2,1-3H3,(H,21,23). The van der Waals surface area contributed by atoms with Gasteiger partial charge in [0.2, 0.25) is 0 Å². The highest BCUT2D eigenvalue weighted by Gasteiger charge is 2.15. The topological polar surface area (TPSA) is 92.3 Å². The maximum absolute atomic E-state index is 11.5. The van der Waals surface area contributed by atoms with Gasteiger partial charge in [-0.05, 0) is 26.3 Å². The molecule has 0 unspecified atom stereocenters.